The molecule has 2 aromatic carbocycles. The molecule has 1 heterocycles. The normalized spacial score (nSPS) is 10.4. The van der Waals surface area contributed by atoms with Crippen molar-refractivity contribution < 1.29 is 9.21 Å². The van der Waals surface area contributed by atoms with E-state index in [2.05, 4.69) is 17.6 Å². The highest BCUT2D eigenvalue weighted by Crippen LogP contribution is 2.24. The summed E-state index contributed by atoms with van der Waals surface area (Å²) in [6.07, 6.45) is 0. The Morgan fingerprint density at radius 1 is 1.00 bits per heavy atom. The quantitative estimate of drug-likeness (QED) is 0.598. The maximum Gasteiger partial charge on any atom is 0.293 e. The van der Waals surface area contributed by atoms with Crippen molar-refractivity contribution in [3.8, 4) is 11.3 Å². The lowest BCUT2D eigenvalue weighted by atomic mass is 10.1. The third kappa shape index (κ3) is 4.31. The molecule has 0 radical (unpaired) electrons. The van der Waals surface area contributed by atoms with Gasteiger partial charge in [-0.25, -0.2) is 0 Å². The summed E-state index contributed by atoms with van der Waals surface area (Å²) in [5.74, 6) is 0.417. The molecule has 0 atom stereocenters. The van der Waals surface area contributed by atoms with Crippen LogP contribution in [0.3, 0.4) is 0 Å². The van der Waals surface area contributed by atoms with Gasteiger partial charge in [-0.05, 0) is 79.7 Å². The molecule has 3 rings (SSSR count). The molecule has 0 saturated carbocycles. The number of anilines is 1. The number of carbonyl (C=O) groups is 1. The lowest BCUT2D eigenvalue weighted by Crippen LogP contribution is -2.33. The monoisotopic (exact) mass is 384 g/mol. The summed E-state index contributed by atoms with van der Waals surface area (Å²) in [6.45, 7) is 4.09. The van der Waals surface area contributed by atoms with Crippen molar-refractivity contribution in [2.45, 2.75) is 13.8 Å². The zero-order valence-corrected chi connectivity index (χ0v) is 15.9. The third-order valence-corrected chi connectivity index (χ3v) is 4.41. The summed E-state index contributed by atoms with van der Waals surface area (Å²) in [6, 6.07) is 16.4. The van der Waals surface area contributed by atoms with Crippen LogP contribution in [0.1, 0.15) is 21.7 Å². The van der Waals surface area contributed by atoms with Crippen LogP contribution in [-0.4, -0.2) is 11.0 Å². The lowest BCUT2D eigenvalue weighted by molar-refractivity contribution is 0.0951. The van der Waals surface area contributed by atoms with E-state index in [0.29, 0.717) is 10.8 Å². The first-order valence-corrected chi connectivity index (χ1v) is 8.76. The van der Waals surface area contributed by atoms with Crippen molar-refractivity contribution in [1.29, 1.82) is 0 Å². The second kappa shape index (κ2) is 7.72. The van der Waals surface area contributed by atoms with Crippen LogP contribution in [-0.2, 0) is 0 Å². The number of halogens is 1. The molecule has 3 aromatic rings. The molecule has 1 aromatic heterocycles. The van der Waals surface area contributed by atoms with Crippen molar-refractivity contribution in [2.24, 2.45) is 0 Å². The smallest absolute Gasteiger partial charge is 0.293 e. The number of aryl methyl sites for hydroxylation is 2. The predicted octanol–water partition coefficient (Wildman–Crippen LogP) is 5.34. The Hall–Kier alpha value is -2.63. The van der Waals surface area contributed by atoms with Gasteiger partial charge in [0.1, 0.15) is 5.76 Å². The van der Waals surface area contributed by atoms with Crippen LogP contribution < -0.4 is 10.6 Å². The van der Waals surface area contributed by atoms with Crippen LogP contribution in [0.5, 0.6) is 0 Å². The molecule has 4 nitrogen and oxygen atoms in total. The highest BCUT2D eigenvalue weighted by atomic mass is 35.5. The highest BCUT2D eigenvalue weighted by molar-refractivity contribution is 7.80. The lowest BCUT2D eigenvalue weighted by Gasteiger charge is -2.08. The van der Waals surface area contributed by atoms with E-state index in [1.165, 1.54) is 11.1 Å². The third-order valence-electron chi connectivity index (χ3n) is 3.95. The van der Waals surface area contributed by atoms with Crippen molar-refractivity contribution in [1.82, 2.24) is 5.32 Å². The molecule has 0 aliphatic carbocycles. The molecule has 0 aliphatic rings. The SMILES string of the molecule is Cc1ccc(-c2ccc(C(=O)NC(=S)Nc3ccc(Cl)cc3)o2)cc1C. The van der Waals surface area contributed by atoms with Gasteiger partial charge < -0.3 is 9.73 Å². The van der Waals surface area contributed by atoms with E-state index in [1.807, 2.05) is 25.1 Å². The molecule has 0 bridgehead atoms. The van der Waals surface area contributed by atoms with Crippen LogP contribution >= 0.6 is 23.8 Å². The molecular formula is C20H17ClN2O2S. The number of amides is 1. The Bertz CT molecular complexity index is 964. The van der Waals surface area contributed by atoms with Crippen LogP contribution in [0.4, 0.5) is 5.69 Å². The summed E-state index contributed by atoms with van der Waals surface area (Å²) >= 11 is 11.0. The minimum absolute atomic E-state index is 0.182. The van der Waals surface area contributed by atoms with E-state index in [-0.39, 0.29) is 10.9 Å². The molecule has 0 saturated heterocycles. The fourth-order valence-corrected chi connectivity index (χ4v) is 2.71. The van der Waals surface area contributed by atoms with Crippen LogP contribution in [0.15, 0.2) is 59.0 Å². The fourth-order valence-electron chi connectivity index (χ4n) is 2.37. The number of hydrogen-bond donors (Lipinski definition) is 2. The van der Waals surface area contributed by atoms with Gasteiger partial charge in [-0.15, -0.1) is 0 Å². The first kappa shape index (κ1) is 18.2. The Morgan fingerprint density at radius 2 is 1.73 bits per heavy atom. The molecule has 6 heteroatoms. The van der Waals surface area contributed by atoms with E-state index in [4.69, 9.17) is 28.2 Å². The largest absolute Gasteiger partial charge is 0.451 e. The van der Waals surface area contributed by atoms with Crippen molar-refractivity contribution in [3.63, 3.8) is 0 Å². The molecule has 0 spiro atoms. The average molecular weight is 385 g/mol. The number of hydrogen-bond acceptors (Lipinski definition) is 3. The molecule has 0 aliphatic heterocycles. The predicted molar refractivity (Wildman–Crippen MR) is 109 cm³/mol. The van der Waals surface area contributed by atoms with E-state index in [9.17, 15) is 4.79 Å². The van der Waals surface area contributed by atoms with E-state index in [0.717, 1.165) is 11.3 Å². The fraction of sp³-hybridized carbons (Fsp3) is 0.100. The van der Waals surface area contributed by atoms with E-state index in [1.54, 1.807) is 36.4 Å². The van der Waals surface area contributed by atoms with Gasteiger partial charge in [-0.1, -0.05) is 23.7 Å². The summed E-state index contributed by atoms with van der Waals surface area (Å²) in [7, 11) is 0. The second-order valence-corrected chi connectivity index (χ2v) is 6.72. The van der Waals surface area contributed by atoms with Crippen LogP contribution in [0.25, 0.3) is 11.3 Å². The minimum atomic E-state index is -0.411. The van der Waals surface area contributed by atoms with Crippen molar-refractivity contribution in [2.75, 3.05) is 5.32 Å². The van der Waals surface area contributed by atoms with Gasteiger partial charge in [-0.2, -0.15) is 0 Å². The van der Waals surface area contributed by atoms with E-state index >= 15 is 0 Å². The first-order chi connectivity index (χ1) is 12.4. The Labute approximate surface area is 162 Å². The number of rotatable bonds is 3. The van der Waals surface area contributed by atoms with Crippen molar-refractivity contribution >= 4 is 40.5 Å². The zero-order valence-electron chi connectivity index (χ0n) is 14.3. The van der Waals surface area contributed by atoms with Gasteiger partial charge in [0.25, 0.3) is 5.91 Å². The molecule has 0 fully saturated rings. The van der Waals surface area contributed by atoms with Crippen LogP contribution in [0.2, 0.25) is 5.02 Å². The van der Waals surface area contributed by atoms with Gasteiger partial charge in [0.05, 0.1) is 0 Å². The Balaban J connectivity index is 1.66. The number of furan rings is 1. The van der Waals surface area contributed by atoms with Gasteiger partial charge >= 0.3 is 0 Å². The van der Waals surface area contributed by atoms with Crippen LogP contribution in [0, 0.1) is 13.8 Å². The topological polar surface area (TPSA) is 54.3 Å². The number of benzene rings is 2. The Morgan fingerprint density at radius 3 is 2.42 bits per heavy atom. The number of carbonyl (C=O) groups excluding carboxylic acids is 1. The maximum atomic E-state index is 12.3. The maximum absolute atomic E-state index is 12.3. The van der Waals surface area contributed by atoms with Gasteiger partial charge in [0, 0.05) is 16.3 Å². The standard InChI is InChI=1S/C20H17ClN2O2S/c1-12-3-4-14(11-13(12)2)17-9-10-18(25-17)19(24)23-20(26)22-16-7-5-15(21)6-8-16/h3-11H,1-2H3,(H2,22,23,24,26). The Kier molecular flexibility index (Phi) is 5.40. The second-order valence-electron chi connectivity index (χ2n) is 5.88. The summed E-state index contributed by atoms with van der Waals surface area (Å²) in [5, 5.41) is 6.33. The zero-order chi connectivity index (χ0) is 18.7. The molecular weight excluding hydrogens is 368 g/mol. The van der Waals surface area contributed by atoms with Gasteiger partial charge in [0.15, 0.2) is 10.9 Å². The summed E-state index contributed by atoms with van der Waals surface area (Å²) in [5.41, 5.74) is 4.03. The van der Waals surface area contributed by atoms with Gasteiger partial charge in [-0.3, -0.25) is 10.1 Å². The molecule has 1 amide bonds. The molecule has 132 valence electrons. The minimum Gasteiger partial charge on any atom is -0.451 e. The number of nitrogens with one attached hydrogen (secondary N) is 2. The van der Waals surface area contributed by atoms with E-state index < -0.39 is 5.91 Å². The van der Waals surface area contributed by atoms with Gasteiger partial charge in [0.2, 0.25) is 0 Å². The summed E-state index contributed by atoms with van der Waals surface area (Å²) in [4.78, 5) is 12.3. The first-order valence-electron chi connectivity index (χ1n) is 7.98. The average Bonchev–Trinajstić information content (AvgIpc) is 3.09. The molecule has 26 heavy (non-hydrogen) atoms. The highest BCUT2D eigenvalue weighted by Gasteiger charge is 2.14. The van der Waals surface area contributed by atoms with Crippen molar-refractivity contribution in [3.05, 3.63) is 76.5 Å². The summed E-state index contributed by atoms with van der Waals surface area (Å²) < 4.78 is 5.68. The molecule has 0 unspecified atom stereocenters. The number of thiocarbonyl (C=S) groups is 1. The molecule has 2 N–H and O–H groups in total.